The van der Waals surface area contributed by atoms with Crippen LogP contribution in [0.4, 0.5) is 0 Å². The molecule has 0 aromatic heterocycles. The van der Waals surface area contributed by atoms with Crippen molar-refractivity contribution in [3.05, 3.63) is 33.3 Å². The Hall–Kier alpha value is -0.830. The molecule has 0 fully saturated rings. The lowest BCUT2D eigenvalue weighted by Crippen LogP contribution is -1.92. The molecule has 1 aliphatic rings. The van der Waals surface area contributed by atoms with Crippen molar-refractivity contribution in [3.63, 3.8) is 0 Å². The molecule has 0 spiro atoms. The van der Waals surface area contributed by atoms with E-state index in [9.17, 15) is 0 Å². The number of rotatable bonds is 1. The number of hydrogen-bond acceptors (Lipinski definition) is 2. The molecule has 1 aromatic rings. The van der Waals surface area contributed by atoms with Gasteiger partial charge < -0.3 is 5.21 Å². The second-order valence-electron chi connectivity index (χ2n) is 3.19. The lowest BCUT2D eigenvalue weighted by molar-refractivity contribution is 0.322. The van der Waals surface area contributed by atoms with Crippen molar-refractivity contribution >= 4 is 22.1 Å². The van der Waals surface area contributed by atoms with Gasteiger partial charge in [-0.15, -0.1) is 0 Å². The maximum Gasteiger partial charge on any atom is 0.0736 e. The normalized spacial score (nSPS) is 13.5. The standard InChI is InChI=1S/C10H10BrNO.C2H6/c11-10-5-4-7(6-12-13)8-2-1-3-9(8)10;1-2/h4-6,13H,1-3H2;1-2H3/b12-6+;. The van der Waals surface area contributed by atoms with E-state index in [1.54, 1.807) is 0 Å². The van der Waals surface area contributed by atoms with Crippen LogP contribution < -0.4 is 0 Å². The van der Waals surface area contributed by atoms with Crippen LogP contribution in [-0.2, 0) is 12.8 Å². The first-order chi connectivity index (χ1) is 7.33. The van der Waals surface area contributed by atoms with Crippen molar-refractivity contribution in [3.8, 4) is 0 Å². The topological polar surface area (TPSA) is 32.6 Å². The Morgan fingerprint density at radius 2 is 1.93 bits per heavy atom. The summed E-state index contributed by atoms with van der Waals surface area (Å²) >= 11 is 3.53. The summed E-state index contributed by atoms with van der Waals surface area (Å²) in [5.74, 6) is 0. The quantitative estimate of drug-likeness (QED) is 0.470. The average Bonchev–Trinajstić information content (AvgIpc) is 2.75. The third-order valence-corrected chi connectivity index (χ3v) is 3.20. The second kappa shape index (κ2) is 5.91. The van der Waals surface area contributed by atoms with Crippen molar-refractivity contribution < 1.29 is 5.21 Å². The van der Waals surface area contributed by atoms with Gasteiger partial charge in [0, 0.05) is 4.47 Å². The predicted octanol–water partition coefficient (Wildman–Crippen LogP) is 3.77. The summed E-state index contributed by atoms with van der Waals surface area (Å²) in [4.78, 5) is 0. The Kier molecular flexibility index (Phi) is 4.82. The number of hydrogen-bond donors (Lipinski definition) is 1. The minimum absolute atomic E-state index is 1.04. The predicted molar refractivity (Wildman–Crippen MR) is 66.9 cm³/mol. The Bertz CT molecular complexity index is 361. The van der Waals surface area contributed by atoms with Crippen LogP contribution in [0.1, 0.15) is 37.0 Å². The van der Waals surface area contributed by atoms with Crippen molar-refractivity contribution in [2.24, 2.45) is 5.16 Å². The fraction of sp³-hybridized carbons (Fsp3) is 0.417. The molecule has 0 heterocycles. The molecule has 2 rings (SSSR count). The lowest BCUT2D eigenvalue weighted by Gasteiger charge is -2.04. The molecular formula is C12H16BrNO. The fourth-order valence-electron chi connectivity index (χ4n) is 1.87. The summed E-state index contributed by atoms with van der Waals surface area (Å²) in [5.41, 5.74) is 3.74. The Morgan fingerprint density at radius 3 is 2.60 bits per heavy atom. The molecule has 1 aromatic carbocycles. The highest BCUT2D eigenvalue weighted by atomic mass is 79.9. The number of nitrogens with zero attached hydrogens (tertiary/aromatic N) is 1. The van der Waals surface area contributed by atoms with Gasteiger partial charge in [-0.3, -0.25) is 0 Å². The zero-order valence-electron chi connectivity index (χ0n) is 9.13. The molecular weight excluding hydrogens is 254 g/mol. The Balaban J connectivity index is 0.000000531. The first-order valence-corrected chi connectivity index (χ1v) is 6.10. The van der Waals surface area contributed by atoms with Crippen LogP contribution in [0.5, 0.6) is 0 Å². The van der Waals surface area contributed by atoms with Crippen molar-refractivity contribution in [1.29, 1.82) is 0 Å². The summed E-state index contributed by atoms with van der Waals surface area (Å²) < 4.78 is 1.18. The molecule has 1 N–H and O–H groups in total. The largest absolute Gasteiger partial charge is 0.411 e. The Morgan fingerprint density at radius 1 is 1.27 bits per heavy atom. The van der Waals surface area contributed by atoms with Crippen molar-refractivity contribution in [1.82, 2.24) is 0 Å². The molecule has 0 saturated carbocycles. The van der Waals surface area contributed by atoms with E-state index in [1.807, 2.05) is 26.0 Å². The molecule has 0 unspecified atom stereocenters. The van der Waals surface area contributed by atoms with E-state index in [0.717, 1.165) is 18.4 Å². The van der Waals surface area contributed by atoms with Crippen molar-refractivity contribution in [2.75, 3.05) is 0 Å². The van der Waals surface area contributed by atoms with E-state index in [-0.39, 0.29) is 0 Å². The van der Waals surface area contributed by atoms with Gasteiger partial charge in [-0.1, -0.05) is 41.0 Å². The highest BCUT2D eigenvalue weighted by Gasteiger charge is 2.16. The van der Waals surface area contributed by atoms with E-state index in [0.29, 0.717) is 0 Å². The van der Waals surface area contributed by atoms with Crippen LogP contribution in [0.15, 0.2) is 21.8 Å². The molecule has 1 aliphatic carbocycles. The first kappa shape index (κ1) is 12.2. The molecule has 0 atom stereocenters. The average molecular weight is 270 g/mol. The molecule has 0 radical (unpaired) electrons. The zero-order chi connectivity index (χ0) is 11.3. The lowest BCUT2D eigenvalue weighted by atomic mass is 10.0. The summed E-state index contributed by atoms with van der Waals surface area (Å²) in [6, 6.07) is 4.00. The van der Waals surface area contributed by atoms with Gasteiger partial charge in [0.15, 0.2) is 0 Å². The fourth-order valence-corrected chi connectivity index (χ4v) is 2.44. The number of oxime groups is 1. The minimum Gasteiger partial charge on any atom is -0.411 e. The molecule has 0 bridgehead atoms. The summed E-state index contributed by atoms with van der Waals surface area (Å²) in [6.45, 7) is 4.00. The third kappa shape index (κ3) is 2.59. The molecule has 15 heavy (non-hydrogen) atoms. The van der Waals surface area contributed by atoms with E-state index in [4.69, 9.17) is 5.21 Å². The monoisotopic (exact) mass is 269 g/mol. The van der Waals surface area contributed by atoms with Crippen LogP contribution >= 0.6 is 15.9 Å². The van der Waals surface area contributed by atoms with E-state index >= 15 is 0 Å². The van der Waals surface area contributed by atoms with Gasteiger partial charge in [0.1, 0.15) is 0 Å². The summed E-state index contributed by atoms with van der Waals surface area (Å²) in [5, 5.41) is 11.6. The first-order valence-electron chi connectivity index (χ1n) is 5.30. The van der Waals surface area contributed by atoms with Gasteiger partial charge in [-0.05, 0) is 42.0 Å². The molecule has 0 saturated heterocycles. The van der Waals surface area contributed by atoms with Crippen LogP contribution in [-0.4, -0.2) is 11.4 Å². The van der Waals surface area contributed by atoms with Crippen LogP contribution in [0.2, 0.25) is 0 Å². The van der Waals surface area contributed by atoms with Crippen molar-refractivity contribution in [2.45, 2.75) is 33.1 Å². The van der Waals surface area contributed by atoms with Gasteiger partial charge >= 0.3 is 0 Å². The maximum atomic E-state index is 8.48. The van der Waals surface area contributed by atoms with Crippen LogP contribution in [0.25, 0.3) is 0 Å². The van der Waals surface area contributed by atoms with Gasteiger partial charge in [0.25, 0.3) is 0 Å². The van der Waals surface area contributed by atoms with Crippen LogP contribution in [0.3, 0.4) is 0 Å². The molecule has 82 valence electrons. The van der Waals surface area contributed by atoms with Gasteiger partial charge in [0.05, 0.1) is 6.21 Å². The zero-order valence-corrected chi connectivity index (χ0v) is 10.7. The second-order valence-corrected chi connectivity index (χ2v) is 4.05. The van der Waals surface area contributed by atoms with Gasteiger partial charge in [-0.25, -0.2) is 0 Å². The number of halogens is 1. The molecule has 2 nitrogen and oxygen atoms in total. The Labute approximate surface area is 99.1 Å². The maximum absolute atomic E-state index is 8.48. The third-order valence-electron chi connectivity index (χ3n) is 2.46. The van der Waals surface area contributed by atoms with E-state index in [2.05, 4.69) is 21.1 Å². The highest BCUT2D eigenvalue weighted by Crippen LogP contribution is 2.30. The van der Waals surface area contributed by atoms with Gasteiger partial charge in [0.2, 0.25) is 0 Å². The van der Waals surface area contributed by atoms with Gasteiger partial charge in [-0.2, -0.15) is 0 Å². The molecule has 0 amide bonds. The summed E-state index contributed by atoms with van der Waals surface area (Å²) in [6.07, 6.45) is 4.93. The van der Waals surface area contributed by atoms with Crippen LogP contribution in [0, 0.1) is 0 Å². The molecule has 0 aliphatic heterocycles. The SMILES string of the molecule is CC.O/N=C/c1ccc(Br)c2c1CCC2. The number of benzene rings is 1. The molecule has 3 heteroatoms. The summed E-state index contributed by atoms with van der Waals surface area (Å²) in [7, 11) is 0. The van der Waals surface area contributed by atoms with E-state index in [1.165, 1.54) is 28.2 Å². The van der Waals surface area contributed by atoms with E-state index < -0.39 is 0 Å². The minimum atomic E-state index is 1.04. The smallest absolute Gasteiger partial charge is 0.0736 e. The number of fused-ring (bicyclic) bond motifs is 1. The highest BCUT2D eigenvalue weighted by molar-refractivity contribution is 9.10.